The van der Waals surface area contributed by atoms with Crippen LogP contribution in [0, 0.1) is 47.3 Å². The molecule has 4 aliphatic carbocycles. The van der Waals surface area contributed by atoms with E-state index < -0.39 is 0 Å². The number of carbonyl (C=O) groups excluding carboxylic acids is 1. The van der Waals surface area contributed by atoms with Gasteiger partial charge in [-0.05, 0) is 80.0 Å². The molecule has 0 aromatic carbocycles. The summed E-state index contributed by atoms with van der Waals surface area (Å²) in [7, 11) is 0. The van der Waals surface area contributed by atoms with Crippen molar-refractivity contribution in [1.29, 1.82) is 0 Å². The van der Waals surface area contributed by atoms with E-state index in [4.69, 9.17) is 4.74 Å². The Labute approximate surface area is 134 Å². The molecule has 8 atom stereocenters. The summed E-state index contributed by atoms with van der Waals surface area (Å²) in [6, 6.07) is 0. The first-order valence-corrected chi connectivity index (χ1v) is 9.11. The molecule has 3 saturated carbocycles. The van der Waals surface area contributed by atoms with Crippen molar-refractivity contribution in [3.05, 3.63) is 24.3 Å². The van der Waals surface area contributed by atoms with Gasteiger partial charge in [-0.3, -0.25) is 0 Å². The molecule has 0 aromatic heterocycles. The van der Waals surface area contributed by atoms with E-state index in [1.807, 2.05) is 0 Å². The SMILES string of the molecule is C=C(C)C(=O)OCC(CC)C1CC2CC1C1C3C=CC(C3)C21. The summed E-state index contributed by atoms with van der Waals surface area (Å²) < 4.78 is 5.50. The highest BCUT2D eigenvalue weighted by molar-refractivity contribution is 5.86. The van der Waals surface area contributed by atoms with Gasteiger partial charge in [0.05, 0.1) is 6.61 Å². The lowest BCUT2D eigenvalue weighted by Crippen LogP contribution is -2.35. The second-order valence-electron chi connectivity index (χ2n) is 8.21. The Kier molecular flexibility index (Phi) is 3.47. The molecule has 0 aromatic rings. The highest BCUT2D eigenvalue weighted by Gasteiger charge is 2.61. The standard InChI is InChI=1S/C20H28O2/c1-4-12(10-22-20(21)11(2)3)16-8-15-9-17(16)19-14-6-5-13(7-14)18(15)19/h5-6,12-19H,2,4,7-10H2,1,3H3. The maximum absolute atomic E-state index is 11.7. The van der Waals surface area contributed by atoms with Gasteiger partial charge in [0.2, 0.25) is 0 Å². The summed E-state index contributed by atoms with van der Waals surface area (Å²) in [5.41, 5.74) is 0.515. The molecule has 22 heavy (non-hydrogen) atoms. The van der Waals surface area contributed by atoms with Gasteiger partial charge in [-0.1, -0.05) is 25.7 Å². The van der Waals surface area contributed by atoms with E-state index in [1.54, 1.807) is 6.92 Å². The number of hydrogen-bond acceptors (Lipinski definition) is 2. The van der Waals surface area contributed by atoms with Gasteiger partial charge in [0.15, 0.2) is 0 Å². The molecule has 0 spiro atoms. The lowest BCUT2D eigenvalue weighted by Gasteiger charge is -2.39. The van der Waals surface area contributed by atoms with E-state index in [0.29, 0.717) is 18.1 Å². The van der Waals surface area contributed by atoms with E-state index in [1.165, 1.54) is 19.3 Å². The van der Waals surface area contributed by atoms with Gasteiger partial charge < -0.3 is 4.74 Å². The Bertz CT molecular complexity index is 520. The molecule has 4 aliphatic rings. The molecule has 0 amide bonds. The molecule has 8 unspecified atom stereocenters. The summed E-state index contributed by atoms with van der Waals surface area (Å²) in [4.78, 5) is 11.7. The predicted molar refractivity (Wildman–Crippen MR) is 87.0 cm³/mol. The van der Waals surface area contributed by atoms with Crippen LogP contribution in [0.5, 0.6) is 0 Å². The summed E-state index contributed by atoms with van der Waals surface area (Å²) in [5.74, 6) is 6.65. The molecule has 0 N–H and O–H groups in total. The molecule has 2 heteroatoms. The smallest absolute Gasteiger partial charge is 0.333 e. The second-order valence-corrected chi connectivity index (χ2v) is 8.21. The predicted octanol–water partition coefficient (Wildman–Crippen LogP) is 4.23. The largest absolute Gasteiger partial charge is 0.462 e. The first-order valence-electron chi connectivity index (χ1n) is 9.11. The van der Waals surface area contributed by atoms with Crippen molar-refractivity contribution in [1.82, 2.24) is 0 Å². The van der Waals surface area contributed by atoms with Crippen LogP contribution in [0.1, 0.15) is 39.5 Å². The lowest BCUT2D eigenvalue weighted by molar-refractivity contribution is -0.141. The van der Waals surface area contributed by atoms with Crippen molar-refractivity contribution in [2.24, 2.45) is 47.3 Å². The number of fused-ring (bicyclic) bond motifs is 9. The number of carbonyl (C=O) groups is 1. The van der Waals surface area contributed by atoms with Crippen molar-refractivity contribution in [2.75, 3.05) is 6.61 Å². The number of hydrogen-bond donors (Lipinski definition) is 0. The van der Waals surface area contributed by atoms with Crippen molar-refractivity contribution in [3.63, 3.8) is 0 Å². The summed E-state index contributed by atoms with van der Waals surface area (Å²) in [6.07, 6.45) is 10.4. The summed E-state index contributed by atoms with van der Waals surface area (Å²) in [6.45, 7) is 8.26. The zero-order chi connectivity index (χ0) is 15.4. The van der Waals surface area contributed by atoms with E-state index >= 15 is 0 Å². The maximum atomic E-state index is 11.7. The van der Waals surface area contributed by atoms with E-state index in [9.17, 15) is 4.79 Å². The van der Waals surface area contributed by atoms with Crippen LogP contribution in [0.4, 0.5) is 0 Å². The second kappa shape index (κ2) is 5.25. The molecular weight excluding hydrogens is 272 g/mol. The van der Waals surface area contributed by atoms with Crippen molar-refractivity contribution in [2.45, 2.75) is 39.5 Å². The third kappa shape index (κ3) is 2.02. The highest BCUT2D eigenvalue weighted by atomic mass is 16.5. The lowest BCUT2D eigenvalue weighted by atomic mass is 9.66. The first kappa shape index (κ1) is 14.5. The topological polar surface area (TPSA) is 26.3 Å². The third-order valence-corrected chi connectivity index (χ3v) is 7.23. The molecule has 0 aliphatic heterocycles. The van der Waals surface area contributed by atoms with Crippen molar-refractivity contribution >= 4 is 5.97 Å². The average molecular weight is 300 g/mol. The average Bonchev–Trinajstić information content (AvgIpc) is 3.25. The molecule has 120 valence electrons. The summed E-state index contributed by atoms with van der Waals surface area (Å²) in [5, 5.41) is 0. The quantitative estimate of drug-likeness (QED) is 0.329. The number of allylic oxidation sites excluding steroid dienone is 2. The number of esters is 1. The fourth-order valence-corrected chi connectivity index (χ4v) is 6.46. The van der Waals surface area contributed by atoms with Crippen LogP contribution in [0.25, 0.3) is 0 Å². The van der Waals surface area contributed by atoms with E-state index in [-0.39, 0.29) is 5.97 Å². The minimum Gasteiger partial charge on any atom is -0.462 e. The molecule has 0 heterocycles. The number of rotatable bonds is 5. The molecule has 2 nitrogen and oxygen atoms in total. The zero-order valence-corrected chi connectivity index (χ0v) is 13.8. The van der Waals surface area contributed by atoms with Crippen LogP contribution in [0.15, 0.2) is 24.3 Å². The molecule has 4 rings (SSSR count). The van der Waals surface area contributed by atoms with Gasteiger partial charge in [0, 0.05) is 5.57 Å². The van der Waals surface area contributed by atoms with Gasteiger partial charge >= 0.3 is 5.97 Å². The van der Waals surface area contributed by atoms with Crippen LogP contribution in [-0.4, -0.2) is 12.6 Å². The maximum Gasteiger partial charge on any atom is 0.333 e. The van der Waals surface area contributed by atoms with Crippen molar-refractivity contribution in [3.8, 4) is 0 Å². The van der Waals surface area contributed by atoms with Crippen molar-refractivity contribution < 1.29 is 9.53 Å². The minimum atomic E-state index is -0.220. The third-order valence-electron chi connectivity index (χ3n) is 7.23. The first-order chi connectivity index (χ1) is 10.6. The van der Waals surface area contributed by atoms with Crippen LogP contribution in [0.2, 0.25) is 0 Å². The minimum absolute atomic E-state index is 0.220. The zero-order valence-electron chi connectivity index (χ0n) is 13.8. The Hall–Kier alpha value is -1.05. The van der Waals surface area contributed by atoms with Gasteiger partial charge in [-0.2, -0.15) is 0 Å². The van der Waals surface area contributed by atoms with Gasteiger partial charge in [-0.15, -0.1) is 0 Å². The Balaban J connectivity index is 1.44. The van der Waals surface area contributed by atoms with Crippen LogP contribution in [-0.2, 0) is 9.53 Å². The Morgan fingerprint density at radius 2 is 1.95 bits per heavy atom. The Morgan fingerprint density at radius 3 is 2.64 bits per heavy atom. The molecule has 0 radical (unpaired) electrons. The van der Waals surface area contributed by atoms with Gasteiger partial charge in [-0.25, -0.2) is 4.79 Å². The van der Waals surface area contributed by atoms with E-state index in [2.05, 4.69) is 25.7 Å². The van der Waals surface area contributed by atoms with Gasteiger partial charge in [0.1, 0.15) is 0 Å². The van der Waals surface area contributed by atoms with Crippen LogP contribution < -0.4 is 0 Å². The Morgan fingerprint density at radius 1 is 1.23 bits per heavy atom. The highest BCUT2D eigenvalue weighted by Crippen LogP contribution is 2.68. The normalized spacial score (nSPS) is 45.1. The van der Waals surface area contributed by atoms with Crippen LogP contribution >= 0.6 is 0 Å². The van der Waals surface area contributed by atoms with Crippen LogP contribution in [0.3, 0.4) is 0 Å². The molecule has 4 bridgehead atoms. The fraction of sp³-hybridized carbons (Fsp3) is 0.750. The molecule has 3 fully saturated rings. The molecular formula is C20H28O2. The summed E-state index contributed by atoms with van der Waals surface area (Å²) >= 11 is 0. The fourth-order valence-electron chi connectivity index (χ4n) is 6.46. The van der Waals surface area contributed by atoms with E-state index in [0.717, 1.165) is 47.8 Å². The number of ether oxygens (including phenoxy) is 1. The monoisotopic (exact) mass is 300 g/mol. The van der Waals surface area contributed by atoms with Gasteiger partial charge in [0.25, 0.3) is 0 Å². The molecule has 0 saturated heterocycles.